The highest BCUT2D eigenvalue weighted by Gasteiger charge is 2.19. The van der Waals surface area contributed by atoms with Crippen LogP contribution in [0.3, 0.4) is 0 Å². The van der Waals surface area contributed by atoms with Gasteiger partial charge in [0, 0.05) is 24.2 Å². The first kappa shape index (κ1) is 15.9. The van der Waals surface area contributed by atoms with E-state index in [9.17, 15) is 8.42 Å². The van der Waals surface area contributed by atoms with E-state index in [0.29, 0.717) is 18.9 Å². The molecule has 0 spiro atoms. The molecule has 2 N–H and O–H groups in total. The Morgan fingerprint density at radius 3 is 2.81 bits per heavy atom. The zero-order valence-electron chi connectivity index (χ0n) is 12.1. The predicted octanol–water partition coefficient (Wildman–Crippen LogP) is 2.62. The molecular formula is C14H19N3O2S2. The number of rotatable bonds is 7. The summed E-state index contributed by atoms with van der Waals surface area (Å²) < 4.78 is 27.5. The molecule has 0 aromatic carbocycles. The summed E-state index contributed by atoms with van der Waals surface area (Å²) in [5.41, 5.74) is 1.18. The molecule has 0 radical (unpaired) electrons. The van der Waals surface area contributed by atoms with E-state index in [1.54, 1.807) is 29.7 Å². The van der Waals surface area contributed by atoms with Gasteiger partial charge in [-0.1, -0.05) is 6.92 Å². The second kappa shape index (κ2) is 7.02. The van der Waals surface area contributed by atoms with E-state index in [1.165, 1.54) is 5.56 Å². The van der Waals surface area contributed by atoms with Crippen LogP contribution in [-0.2, 0) is 23.0 Å². The highest BCUT2D eigenvalue weighted by atomic mass is 32.2. The van der Waals surface area contributed by atoms with Gasteiger partial charge in [-0.15, -0.1) is 11.3 Å². The van der Waals surface area contributed by atoms with Gasteiger partial charge in [-0.2, -0.15) is 0 Å². The normalized spacial score (nSPS) is 11.5. The molecule has 2 rings (SSSR count). The Morgan fingerprint density at radius 2 is 2.10 bits per heavy atom. The molecule has 7 heteroatoms. The van der Waals surface area contributed by atoms with E-state index in [2.05, 4.69) is 21.9 Å². The lowest BCUT2D eigenvalue weighted by Crippen LogP contribution is -2.24. The van der Waals surface area contributed by atoms with Crippen LogP contribution in [0.5, 0.6) is 0 Å². The molecule has 0 amide bonds. The average Bonchev–Trinajstić information content (AvgIpc) is 2.93. The summed E-state index contributed by atoms with van der Waals surface area (Å²) in [5.74, 6) is 0.384. The Morgan fingerprint density at radius 1 is 1.29 bits per heavy atom. The number of thiophene rings is 1. The van der Waals surface area contributed by atoms with Crippen LogP contribution in [0, 0.1) is 0 Å². The van der Waals surface area contributed by atoms with Crippen LogP contribution in [0.4, 0.5) is 5.82 Å². The van der Waals surface area contributed by atoms with Crippen molar-refractivity contribution in [3.8, 4) is 0 Å². The van der Waals surface area contributed by atoms with Gasteiger partial charge in [0.05, 0.1) is 0 Å². The number of pyridine rings is 1. The van der Waals surface area contributed by atoms with Crippen molar-refractivity contribution < 1.29 is 8.42 Å². The Kier molecular flexibility index (Phi) is 5.33. The number of sulfonamides is 1. The molecule has 0 atom stereocenters. The largest absolute Gasteiger partial charge is 0.369 e. The summed E-state index contributed by atoms with van der Waals surface area (Å²) in [7, 11) is -3.58. The first-order chi connectivity index (χ1) is 10.1. The monoisotopic (exact) mass is 325 g/mol. The molecule has 2 heterocycles. The highest BCUT2D eigenvalue weighted by molar-refractivity contribution is 7.89. The summed E-state index contributed by atoms with van der Waals surface area (Å²) in [6.07, 6.45) is 2.47. The third kappa shape index (κ3) is 3.81. The van der Waals surface area contributed by atoms with E-state index in [1.807, 2.05) is 18.4 Å². The molecule has 21 heavy (non-hydrogen) atoms. The lowest BCUT2D eigenvalue weighted by atomic mass is 10.2. The van der Waals surface area contributed by atoms with Gasteiger partial charge in [0.2, 0.25) is 10.0 Å². The minimum atomic E-state index is -3.58. The smallest absolute Gasteiger partial charge is 0.244 e. The summed E-state index contributed by atoms with van der Waals surface area (Å²) in [6.45, 7) is 4.89. The molecule has 0 unspecified atom stereocenters. The molecule has 5 nitrogen and oxygen atoms in total. The fourth-order valence-electron chi connectivity index (χ4n) is 1.98. The number of aromatic nitrogens is 1. The molecule has 0 aliphatic carbocycles. The highest BCUT2D eigenvalue weighted by Crippen LogP contribution is 2.20. The van der Waals surface area contributed by atoms with Crippen molar-refractivity contribution in [3.05, 3.63) is 40.2 Å². The van der Waals surface area contributed by atoms with Crippen molar-refractivity contribution in [3.63, 3.8) is 0 Å². The summed E-state index contributed by atoms with van der Waals surface area (Å²) in [6, 6.07) is 5.21. The second-order valence-electron chi connectivity index (χ2n) is 4.43. The van der Waals surface area contributed by atoms with Crippen molar-refractivity contribution in [2.24, 2.45) is 0 Å². The van der Waals surface area contributed by atoms with Gasteiger partial charge in [-0.25, -0.2) is 18.1 Å². The van der Waals surface area contributed by atoms with Crippen LogP contribution in [0.25, 0.3) is 0 Å². The first-order valence-corrected chi connectivity index (χ1v) is 9.18. The van der Waals surface area contributed by atoms with Crippen molar-refractivity contribution in [2.75, 3.05) is 11.9 Å². The van der Waals surface area contributed by atoms with Gasteiger partial charge in [0.1, 0.15) is 10.7 Å². The van der Waals surface area contributed by atoms with Crippen LogP contribution in [0.1, 0.15) is 24.3 Å². The molecule has 0 aliphatic rings. The zero-order valence-corrected chi connectivity index (χ0v) is 13.7. The van der Waals surface area contributed by atoms with Gasteiger partial charge in [0.25, 0.3) is 0 Å². The fourth-order valence-corrected chi connectivity index (χ4v) is 4.12. The Bertz CT molecular complexity index is 696. The Labute approximate surface area is 129 Å². The van der Waals surface area contributed by atoms with Crippen molar-refractivity contribution in [1.82, 2.24) is 9.71 Å². The van der Waals surface area contributed by atoms with Crippen LogP contribution in [0.15, 0.2) is 34.7 Å². The maximum atomic E-state index is 12.4. The topological polar surface area (TPSA) is 71.1 Å². The van der Waals surface area contributed by atoms with Crippen LogP contribution in [-0.4, -0.2) is 19.9 Å². The fraction of sp³-hybridized carbons (Fsp3) is 0.357. The predicted molar refractivity (Wildman–Crippen MR) is 86.1 cm³/mol. The molecule has 2 aromatic heterocycles. The molecular weight excluding hydrogens is 306 g/mol. The average molecular weight is 325 g/mol. The van der Waals surface area contributed by atoms with Gasteiger partial charge in [0.15, 0.2) is 0 Å². The Hall–Kier alpha value is -1.44. The number of hydrogen-bond donors (Lipinski definition) is 2. The van der Waals surface area contributed by atoms with E-state index in [-0.39, 0.29) is 4.90 Å². The summed E-state index contributed by atoms with van der Waals surface area (Å²) >= 11 is 1.57. The van der Waals surface area contributed by atoms with Crippen LogP contribution < -0.4 is 10.0 Å². The zero-order chi connectivity index (χ0) is 15.3. The lowest BCUT2D eigenvalue weighted by Gasteiger charge is -2.11. The molecule has 2 aromatic rings. The standard InChI is InChI=1S/C14H19N3O2S2/c1-3-11-7-9-20-12(11)10-17-21(18,19)13-6-5-8-16-14(13)15-4-2/h5-9,17H,3-4,10H2,1-2H3,(H,15,16). The SMILES string of the molecule is CCNc1ncccc1S(=O)(=O)NCc1sccc1CC. The van der Waals surface area contributed by atoms with E-state index in [0.717, 1.165) is 11.3 Å². The van der Waals surface area contributed by atoms with Crippen molar-refractivity contribution in [1.29, 1.82) is 0 Å². The van der Waals surface area contributed by atoms with Gasteiger partial charge in [-0.3, -0.25) is 0 Å². The van der Waals surface area contributed by atoms with Gasteiger partial charge >= 0.3 is 0 Å². The maximum absolute atomic E-state index is 12.4. The number of aryl methyl sites for hydroxylation is 1. The van der Waals surface area contributed by atoms with E-state index < -0.39 is 10.0 Å². The van der Waals surface area contributed by atoms with Crippen molar-refractivity contribution in [2.45, 2.75) is 31.7 Å². The lowest BCUT2D eigenvalue weighted by molar-refractivity contribution is 0.581. The molecule has 0 saturated carbocycles. The minimum Gasteiger partial charge on any atom is -0.369 e. The number of nitrogens with zero attached hydrogens (tertiary/aromatic N) is 1. The molecule has 114 valence electrons. The third-order valence-electron chi connectivity index (χ3n) is 3.05. The second-order valence-corrected chi connectivity index (χ2v) is 7.16. The van der Waals surface area contributed by atoms with Gasteiger partial charge < -0.3 is 5.32 Å². The van der Waals surface area contributed by atoms with E-state index in [4.69, 9.17) is 0 Å². The third-order valence-corrected chi connectivity index (χ3v) is 5.44. The molecule has 0 aliphatic heterocycles. The molecule has 0 bridgehead atoms. The number of nitrogens with one attached hydrogen (secondary N) is 2. The quantitative estimate of drug-likeness (QED) is 0.821. The summed E-state index contributed by atoms with van der Waals surface area (Å²) in [4.78, 5) is 5.32. The first-order valence-electron chi connectivity index (χ1n) is 6.82. The minimum absolute atomic E-state index is 0.182. The van der Waals surface area contributed by atoms with E-state index >= 15 is 0 Å². The Balaban J connectivity index is 2.19. The number of hydrogen-bond acceptors (Lipinski definition) is 5. The van der Waals surface area contributed by atoms with Crippen LogP contribution in [0.2, 0.25) is 0 Å². The van der Waals surface area contributed by atoms with Crippen molar-refractivity contribution >= 4 is 27.2 Å². The van der Waals surface area contributed by atoms with Crippen LogP contribution >= 0.6 is 11.3 Å². The molecule has 0 saturated heterocycles. The maximum Gasteiger partial charge on any atom is 0.244 e. The van der Waals surface area contributed by atoms with Gasteiger partial charge in [-0.05, 0) is 42.5 Å². The molecule has 0 fully saturated rings. The summed E-state index contributed by atoms with van der Waals surface area (Å²) in [5, 5.41) is 4.95. The number of anilines is 1.